The maximum Gasteiger partial charge on any atom is 0.338 e. The first kappa shape index (κ1) is 23.8. The van der Waals surface area contributed by atoms with Crippen molar-refractivity contribution in [3.8, 4) is 0 Å². The molecule has 3 aromatic carbocycles. The molecule has 1 heterocycles. The van der Waals surface area contributed by atoms with Gasteiger partial charge in [-0.15, -0.1) is 0 Å². The number of esters is 1. The van der Waals surface area contributed by atoms with Gasteiger partial charge in [-0.25, -0.2) is 13.2 Å². The lowest BCUT2D eigenvalue weighted by atomic mass is 10.2. The van der Waals surface area contributed by atoms with Gasteiger partial charge in [-0.3, -0.25) is 9.10 Å². The first-order chi connectivity index (χ1) is 16.2. The van der Waals surface area contributed by atoms with Gasteiger partial charge in [0.2, 0.25) is 0 Å². The number of para-hydroxylation sites is 1. The molecule has 0 spiro atoms. The molecule has 1 unspecified atom stereocenters. The predicted octanol–water partition coefficient (Wildman–Crippen LogP) is 4.30. The number of ether oxygens (including phenoxy) is 1. The quantitative estimate of drug-likeness (QED) is 0.473. The van der Waals surface area contributed by atoms with Crippen LogP contribution in [0.25, 0.3) is 0 Å². The number of sulfonamides is 1. The van der Waals surface area contributed by atoms with Gasteiger partial charge in [-0.05, 0) is 61.4 Å². The van der Waals surface area contributed by atoms with Crippen molar-refractivity contribution >= 4 is 44.9 Å². The Labute approximate surface area is 203 Å². The van der Waals surface area contributed by atoms with Gasteiger partial charge in [0, 0.05) is 24.3 Å². The molecule has 0 saturated heterocycles. The predicted molar refractivity (Wildman–Crippen MR) is 131 cm³/mol. The number of anilines is 2. The summed E-state index contributed by atoms with van der Waals surface area (Å²) in [4.78, 5) is 27.2. The molecule has 0 aromatic heterocycles. The van der Waals surface area contributed by atoms with Gasteiger partial charge >= 0.3 is 5.97 Å². The first-order valence-electron chi connectivity index (χ1n) is 10.6. The standard InChI is InChI=1S/C25H23ClN2O5S/c1-17(24(29)28-14-13-18-7-3-4-12-23(18)28)33-25(30)19-8-5-11-22(15-19)34(31,32)27(2)21-10-6-9-20(26)16-21/h3-12,15-17H,13-14H2,1-2H3. The summed E-state index contributed by atoms with van der Waals surface area (Å²) in [5.41, 5.74) is 2.29. The van der Waals surface area contributed by atoms with E-state index in [1.165, 1.54) is 44.3 Å². The highest BCUT2D eigenvalue weighted by Gasteiger charge is 2.30. The van der Waals surface area contributed by atoms with Gasteiger partial charge in [0.05, 0.1) is 16.1 Å². The lowest BCUT2D eigenvalue weighted by Gasteiger charge is -2.22. The number of hydrogen-bond donors (Lipinski definition) is 0. The van der Waals surface area contributed by atoms with Gasteiger partial charge in [-0.1, -0.05) is 41.9 Å². The van der Waals surface area contributed by atoms with Crippen LogP contribution in [0.4, 0.5) is 11.4 Å². The Morgan fingerprint density at radius 2 is 1.76 bits per heavy atom. The number of benzene rings is 3. The minimum Gasteiger partial charge on any atom is -0.449 e. The Kier molecular flexibility index (Phi) is 6.63. The van der Waals surface area contributed by atoms with E-state index in [9.17, 15) is 18.0 Å². The maximum absolute atomic E-state index is 13.1. The Hall–Kier alpha value is -3.36. The topological polar surface area (TPSA) is 84.0 Å². The summed E-state index contributed by atoms with van der Waals surface area (Å²) >= 11 is 5.99. The molecule has 1 aliphatic heterocycles. The lowest BCUT2D eigenvalue weighted by molar-refractivity contribution is -0.126. The number of rotatable bonds is 6. The Bertz CT molecular complexity index is 1360. The number of nitrogens with zero attached hydrogens (tertiary/aromatic N) is 2. The highest BCUT2D eigenvalue weighted by molar-refractivity contribution is 7.92. The van der Waals surface area contributed by atoms with E-state index in [4.69, 9.17) is 16.3 Å². The molecule has 1 atom stereocenters. The highest BCUT2D eigenvalue weighted by Crippen LogP contribution is 2.29. The highest BCUT2D eigenvalue weighted by atomic mass is 35.5. The second kappa shape index (κ2) is 9.48. The number of carbonyl (C=O) groups is 2. The molecule has 1 amide bonds. The minimum absolute atomic E-state index is 0.0297. The molecular weight excluding hydrogens is 476 g/mol. The van der Waals surface area contributed by atoms with Gasteiger partial charge in [-0.2, -0.15) is 0 Å². The van der Waals surface area contributed by atoms with Crippen LogP contribution in [0.2, 0.25) is 5.02 Å². The molecule has 0 radical (unpaired) electrons. The summed E-state index contributed by atoms with van der Waals surface area (Å²) in [6, 6.07) is 19.6. The molecular formula is C25H23ClN2O5S. The van der Waals surface area contributed by atoms with E-state index in [1.54, 1.807) is 23.1 Å². The molecule has 4 rings (SSSR count). The smallest absolute Gasteiger partial charge is 0.338 e. The molecule has 7 nitrogen and oxygen atoms in total. The van der Waals surface area contributed by atoms with Crippen LogP contribution in [0.1, 0.15) is 22.8 Å². The summed E-state index contributed by atoms with van der Waals surface area (Å²) < 4.78 is 32.7. The number of fused-ring (bicyclic) bond motifs is 1. The third-order valence-corrected chi connectivity index (χ3v) is 7.70. The van der Waals surface area contributed by atoms with E-state index in [0.717, 1.165) is 22.0 Å². The zero-order valence-electron chi connectivity index (χ0n) is 18.6. The molecule has 0 N–H and O–H groups in total. The van der Waals surface area contributed by atoms with E-state index >= 15 is 0 Å². The van der Waals surface area contributed by atoms with Gasteiger partial charge in [0.1, 0.15) is 0 Å². The number of hydrogen-bond acceptors (Lipinski definition) is 5. The van der Waals surface area contributed by atoms with Crippen LogP contribution in [-0.2, 0) is 26.0 Å². The summed E-state index contributed by atoms with van der Waals surface area (Å²) in [7, 11) is -2.56. The van der Waals surface area contributed by atoms with Gasteiger partial charge in [0.25, 0.3) is 15.9 Å². The van der Waals surface area contributed by atoms with Crippen molar-refractivity contribution in [2.75, 3.05) is 22.8 Å². The number of amides is 1. The summed E-state index contributed by atoms with van der Waals surface area (Å²) in [6.45, 7) is 2.03. The van der Waals surface area contributed by atoms with Crippen LogP contribution < -0.4 is 9.21 Å². The van der Waals surface area contributed by atoms with Gasteiger partial charge in [0.15, 0.2) is 6.10 Å². The van der Waals surface area contributed by atoms with Crippen LogP contribution >= 0.6 is 11.6 Å². The lowest BCUT2D eigenvalue weighted by Crippen LogP contribution is -2.39. The van der Waals surface area contributed by atoms with E-state index in [-0.39, 0.29) is 16.4 Å². The zero-order chi connectivity index (χ0) is 24.5. The zero-order valence-corrected chi connectivity index (χ0v) is 20.2. The van der Waals surface area contributed by atoms with Crippen LogP contribution in [-0.4, -0.2) is 40.0 Å². The van der Waals surface area contributed by atoms with Crippen molar-refractivity contribution < 1.29 is 22.7 Å². The average molecular weight is 499 g/mol. The molecule has 0 bridgehead atoms. The van der Waals surface area contributed by atoms with E-state index in [1.807, 2.05) is 24.3 Å². The van der Waals surface area contributed by atoms with E-state index in [0.29, 0.717) is 17.3 Å². The Morgan fingerprint density at radius 3 is 2.53 bits per heavy atom. The van der Waals surface area contributed by atoms with Crippen molar-refractivity contribution in [1.29, 1.82) is 0 Å². The molecule has 1 aliphatic rings. The number of halogens is 1. The maximum atomic E-state index is 13.1. The normalized spacial score (nSPS) is 13.8. The monoisotopic (exact) mass is 498 g/mol. The first-order valence-corrected chi connectivity index (χ1v) is 12.4. The number of carbonyl (C=O) groups excluding carboxylic acids is 2. The van der Waals surface area contributed by atoms with Gasteiger partial charge < -0.3 is 9.64 Å². The van der Waals surface area contributed by atoms with Crippen molar-refractivity contribution in [3.63, 3.8) is 0 Å². The van der Waals surface area contributed by atoms with Crippen LogP contribution in [0.5, 0.6) is 0 Å². The van der Waals surface area contributed by atoms with Crippen LogP contribution in [0, 0.1) is 0 Å². The molecule has 34 heavy (non-hydrogen) atoms. The SMILES string of the molecule is CC(OC(=O)c1cccc(S(=O)(=O)N(C)c2cccc(Cl)c2)c1)C(=O)N1CCc2ccccc21. The Morgan fingerprint density at radius 1 is 1.03 bits per heavy atom. The molecule has 0 saturated carbocycles. The minimum atomic E-state index is -3.96. The third-order valence-electron chi connectivity index (χ3n) is 5.68. The van der Waals surface area contributed by atoms with Crippen molar-refractivity contribution in [3.05, 3.63) is 88.9 Å². The van der Waals surface area contributed by atoms with Crippen LogP contribution in [0.15, 0.2) is 77.7 Å². The van der Waals surface area contributed by atoms with Crippen molar-refractivity contribution in [2.45, 2.75) is 24.3 Å². The molecule has 3 aromatic rings. The molecule has 176 valence electrons. The second-order valence-corrected chi connectivity index (χ2v) is 10.3. The molecule has 0 fully saturated rings. The summed E-state index contributed by atoms with van der Waals surface area (Å²) in [5.74, 6) is -1.11. The molecule has 0 aliphatic carbocycles. The largest absolute Gasteiger partial charge is 0.449 e. The van der Waals surface area contributed by atoms with Crippen molar-refractivity contribution in [2.24, 2.45) is 0 Å². The fourth-order valence-electron chi connectivity index (χ4n) is 3.82. The van der Waals surface area contributed by atoms with Crippen molar-refractivity contribution in [1.82, 2.24) is 0 Å². The average Bonchev–Trinajstić information content (AvgIpc) is 3.27. The molecule has 9 heteroatoms. The fraction of sp³-hybridized carbons (Fsp3) is 0.200. The van der Waals surface area contributed by atoms with E-state index < -0.39 is 22.1 Å². The van der Waals surface area contributed by atoms with E-state index in [2.05, 4.69) is 0 Å². The second-order valence-electron chi connectivity index (χ2n) is 7.90. The fourth-order valence-corrected chi connectivity index (χ4v) is 5.24. The van der Waals surface area contributed by atoms with Crippen LogP contribution in [0.3, 0.4) is 0 Å². The third kappa shape index (κ3) is 4.64. The summed E-state index contributed by atoms with van der Waals surface area (Å²) in [6.07, 6.45) is -0.295. The Balaban J connectivity index is 1.50. The summed E-state index contributed by atoms with van der Waals surface area (Å²) in [5, 5.41) is 0.399.